The van der Waals surface area contributed by atoms with Gasteiger partial charge in [0, 0.05) is 31.9 Å². The number of aryl methyl sites for hydroxylation is 1. The summed E-state index contributed by atoms with van der Waals surface area (Å²) in [6.45, 7) is 9.56. The number of pyridine rings is 1. The van der Waals surface area contributed by atoms with E-state index in [1.54, 1.807) is 7.05 Å². The van der Waals surface area contributed by atoms with Gasteiger partial charge in [-0.05, 0) is 52.7 Å². The van der Waals surface area contributed by atoms with Gasteiger partial charge in [-0.15, -0.1) is 24.0 Å². The van der Waals surface area contributed by atoms with Crippen molar-refractivity contribution >= 4 is 41.7 Å². The van der Waals surface area contributed by atoms with Gasteiger partial charge in [-0.1, -0.05) is 6.07 Å². The fourth-order valence-corrected chi connectivity index (χ4v) is 2.88. The molecule has 0 aromatic carbocycles. The lowest BCUT2D eigenvalue weighted by Crippen LogP contribution is -2.50. The van der Waals surface area contributed by atoms with Crippen molar-refractivity contribution in [3.8, 4) is 0 Å². The zero-order valence-corrected chi connectivity index (χ0v) is 19.2. The molecule has 1 aromatic heterocycles. The zero-order chi connectivity index (χ0) is 19.2. The number of aliphatic imine (C=N–C) groups is 1. The molecule has 0 amide bonds. The molecule has 0 aliphatic carbocycles. The summed E-state index contributed by atoms with van der Waals surface area (Å²) in [5.74, 6) is 1.37. The number of carbonyl (C=O) groups excluding carboxylic acids is 1. The number of rotatable bonds is 4. The number of nitrogens with zero attached hydrogens (tertiary/aromatic N) is 3. The molecule has 0 atom stereocenters. The number of guanidine groups is 1. The summed E-state index contributed by atoms with van der Waals surface area (Å²) in [5.41, 5.74) is 0.557. The van der Waals surface area contributed by atoms with Crippen molar-refractivity contribution in [2.45, 2.75) is 52.2 Å². The van der Waals surface area contributed by atoms with E-state index < -0.39 is 5.60 Å². The Bertz CT molecular complexity index is 637. The van der Waals surface area contributed by atoms with E-state index in [0.717, 1.165) is 37.4 Å². The molecule has 0 spiro atoms. The number of hydrogen-bond acceptors (Lipinski definition) is 5. The molecule has 1 aromatic rings. The molecule has 0 unspecified atom stereocenters. The number of piperidine rings is 1. The summed E-state index contributed by atoms with van der Waals surface area (Å²) >= 11 is 0. The Balaban J connectivity index is 0.00000364. The second-order valence-electron chi connectivity index (χ2n) is 7.56. The third-order valence-corrected chi connectivity index (χ3v) is 4.08. The van der Waals surface area contributed by atoms with Gasteiger partial charge in [0.15, 0.2) is 5.96 Å². The smallest absolute Gasteiger partial charge is 0.325 e. The highest BCUT2D eigenvalue weighted by Gasteiger charge is 2.21. The molecule has 0 saturated carbocycles. The number of esters is 1. The lowest BCUT2D eigenvalue weighted by Gasteiger charge is -2.34. The van der Waals surface area contributed by atoms with Gasteiger partial charge in [0.25, 0.3) is 0 Å². The van der Waals surface area contributed by atoms with Crippen LogP contribution in [-0.4, -0.2) is 55.2 Å². The fourth-order valence-electron chi connectivity index (χ4n) is 2.88. The van der Waals surface area contributed by atoms with E-state index in [2.05, 4.69) is 31.6 Å². The van der Waals surface area contributed by atoms with Gasteiger partial charge in [0.1, 0.15) is 18.0 Å². The lowest BCUT2D eigenvalue weighted by atomic mass is 10.1. The van der Waals surface area contributed by atoms with E-state index >= 15 is 0 Å². The average molecular weight is 489 g/mol. The highest BCUT2D eigenvalue weighted by Crippen LogP contribution is 2.18. The van der Waals surface area contributed by atoms with Crippen molar-refractivity contribution in [2.24, 2.45) is 4.99 Å². The Morgan fingerprint density at radius 1 is 1.33 bits per heavy atom. The van der Waals surface area contributed by atoms with Crippen LogP contribution in [0.15, 0.2) is 23.2 Å². The van der Waals surface area contributed by atoms with Crippen LogP contribution in [0.4, 0.5) is 5.82 Å². The molecule has 8 heteroatoms. The van der Waals surface area contributed by atoms with Crippen LogP contribution < -0.4 is 15.5 Å². The van der Waals surface area contributed by atoms with Crippen molar-refractivity contribution in [3.63, 3.8) is 0 Å². The monoisotopic (exact) mass is 489 g/mol. The molecule has 0 radical (unpaired) electrons. The van der Waals surface area contributed by atoms with Crippen LogP contribution in [0.1, 0.15) is 39.3 Å². The maximum atomic E-state index is 11.8. The van der Waals surface area contributed by atoms with Gasteiger partial charge in [-0.25, -0.2) is 4.98 Å². The van der Waals surface area contributed by atoms with Crippen LogP contribution in [0, 0.1) is 6.92 Å². The molecule has 1 saturated heterocycles. The van der Waals surface area contributed by atoms with Crippen LogP contribution in [0.3, 0.4) is 0 Å². The van der Waals surface area contributed by atoms with Gasteiger partial charge in [0.2, 0.25) is 0 Å². The van der Waals surface area contributed by atoms with E-state index in [9.17, 15) is 4.79 Å². The van der Waals surface area contributed by atoms with Crippen LogP contribution in [0.25, 0.3) is 0 Å². The van der Waals surface area contributed by atoms with Gasteiger partial charge >= 0.3 is 5.97 Å². The second kappa shape index (κ2) is 10.7. The largest absolute Gasteiger partial charge is 0.459 e. The Labute approximate surface area is 179 Å². The summed E-state index contributed by atoms with van der Waals surface area (Å²) in [7, 11) is 1.70. The summed E-state index contributed by atoms with van der Waals surface area (Å²) in [4.78, 5) is 22.9. The first-order chi connectivity index (χ1) is 12.3. The Hall–Kier alpha value is -1.58. The van der Waals surface area contributed by atoms with Crippen LogP contribution >= 0.6 is 24.0 Å². The first-order valence-corrected chi connectivity index (χ1v) is 9.14. The minimum Gasteiger partial charge on any atom is -0.459 e. The maximum absolute atomic E-state index is 11.8. The van der Waals surface area contributed by atoms with E-state index in [0.29, 0.717) is 12.0 Å². The molecule has 2 heterocycles. The van der Waals surface area contributed by atoms with Crippen molar-refractivity contribution in [1.29, 1.82) is 0 Å². The second-order valence-corrected chi connectivity index (χ2v) is 7.56. The summed E-state index contributed by atoms with van der Waals surface area (Å²) in [6.07, 6.45) is 1.98. The normalized spacial score (nSPS) is 15.7. The topological polar surface area (TPSA) is 78.8 Å². The van der Waals surface area contributed by atoms with Crippen LogP contribution in [0.2, 0.25) is 0 Å². The molecule has 2 N–H and O–H groups in total. The quantitative estimate of drug-likeness (QED) is 0.293. The maximum Gasteiger partial charge on any atom is 0.325 e. The lowest BCUT2D eigenvalue weighted by molar-refractivity contribution is -0.153. The van der Waals surface area contributed by atoms with Crippen molar-refractivity contribution < 1.29 is 9.53 Å². The summed E-state index contributed by atoms with van der Waals surface area (Å²) in [6, 6.07) is 6.44. The summed E-state index contributed by atoms with van der Waals surface area (Å²) < 4.78 is 5.30. The van der Waals surface area contributed by atoms with E-state index in [1.165, 1.54) is 0 Å². The van der Waals surface area contributed by atoms with Gasteiger partial charge in [-0.2, -0.15) is 0 Å². The van der Waals surface area contributed by atoms with Crippen molar-refractivity contribution in [1.82, 2.24) is 15.6 Å². The number of ether oxygens (including phenoxy) is 1. The molecule has 0 bridgehead atoms. The number of aromatic nitrogens is 1. The van der Waals surface area contributed by atoms with Crippen LogP contribution in [0.5, 0.6) is 0 Å². The van der Waals surface area contributed by atoms with Gasteiger partial charge in [-0.3, -0.25) is 9.79 Å². The molecule has 7 nitrogen and oxygen atoms in total. The van der Waals surface area contributed by atoms with E-state index in [4.69, 9.17) is 4.74 Å². The van der Waals surface area contributed by atoms with E-state index in [1.807, 2.05) is 39.8 Å². The number of halogens is 1. The molecule has 1 aliphatic heterocycles. The molecular formula is C19H32IN5O2. The first-order valence-electron chi connectivity index (χ1n) is 9.14. The predicted octanol–water partition coefficient (Wildman–Crippen LogP) is 2.48. The highest BCUT2D eigenvalue weighted by atomic mass is 127. The molecule has 27 heavy (non-hydrogen) atoms. The molecule has 2 rings (SSSR count). The first kappa shape index (κ1) is 23.5. The molecule has 1 fully saturated rings. The third kappa shape index (κ3) is 8.32. The van der Waals surface area contributed by atoms with E-state index in [-0.39, 0.29) is 36.5 Å². The number of hydrogen-bond donors (Lipinski definition) is 2. The van der Waals surface area contributed by atoms with Crippen molar-refractivity contribution in [3.05, 3.63) is 23.9 Å². The SMILES string of the molecule is CN=C(NCC(=O)OC(C)(C)C)NC1CCN(c2cccc(C)n2)CC1.I. The highest BCUT2D eigenvalue weighted by molar-refractivity contribution is 14.0. The fraction of sp³-hybridized carbons (Fsp3) is 0.632. The summed E-state index contributed by atoms with van der Waals surface area (Å²) in [5, 5.41) is 6.42. The minimum absolute atomic E-state index is 0. The number of carbonyl (C=O) groups is 1. The average Bonchev–Trinajstić information content (AvgIpc) is 2.57. The predicted molar refractivity (Wildman–Crippen MR) is 120 cm³/mol. The van der Waals surface area contributed by atoms with Crippen molar-refractivity contribution in [2.75, 3.05) is 31.6 Å². The number of anilines is 1. The Morgan fingerprint density at radius 3 is 2.56 bits per heavy atom. The van der Waals surface area contributed by atoms with Gasteiger partial charge in [0.05, 0.1) is 0 Å². The number of nitrogens with one attached hydrogen (secondary N) is 2. The zero-order valence-electron chi connectivity index (χ0n) is 16.9. The Kier molecular flexibility index (Phi) is 9.28. The standard InChI is InChI=1S/C19H31N5O2.HI/c1-14-7-6-8-16(22-14)24-11-9-15(10-12-24)23-18(20-5)21-13-17(25)26-19(2,3)4;/h6-8,15H,9-13H2,1-5H3,(H2,20,21,23);1H. The molecule has 1 aliphatic rings. The van der Waals surface area contributed by atoms with Gasteiger partial charge < -0.3 is 20.3 Å². The minimum atomic E-state index is -0.480. The third-order valence-electron chi connectivity index (χ3n) is 4.08. The van der Waals surface area contributed by atoms with Crippen LogP contribution in [-0.2, 0) is 9.53 Å². The molecular weight excluding hydrogens is 457 g/mol. The Morgan fingerprint density at radius 2 is 2.00 bits per heavy atom. The molecule has 152 valence electrons.